The van der Waals surface area contributed by atoms with Gasteiger partial charge in [0, 0.05) is 13.1 Å². The lowest BCUT2D eigenvalue weighted by molar-refractivity contribution is -0.121. The highest BCUT2D eigenvalue weighted by molar-refractivity contribution is 5.75. The Bertz CT molecular complexity index is 418. The molecule has 2 rings (SSSR count). The van der Waals surface area contributed by atoms with Gasteiger partial charge in [0.2, 0.25) is 5.91 Å². The number of benzene rings is 1. The lowest BCUT2D eigenvalue weighted by Gasteiger charge is -2.09. The molecule has 0 aliphatic heterocycles. The van der Waals surface area contributed by atoms with Gasteiger partial charge in [0.15, 0.2) is 0 Å². The second-order valence-electron chi connectivity index (χ2n) is 4.28. The van der Waals surface area contributed by atoms with Crippen LogP contribution in [0.2, 0.25) is 0 Å². The molecule has 0 saturated heterocycles. The monoisotopic (exact) mass is 234 g/mol. The predicted octanol–water partition coefficient (Wildman–Crippen LogP) is 1.15. The van der Waals surface area contributed by atoms with Crippen LogP contribution in [0.5, 0.6) is 5.75 Å². The standard InChI is InChI=1S/C13H18N2O2/c1-15-13(16)6-7-17-10-3-4-11-9(8-10)2-5-12(11)14/h3-4,8,12H,2,5-7,14H2,1H3,(H,15,16)/t12-/m0/s1. The minimum atomic E-state index is -0.00631. The Labute approximate surface area is 101 Å². The maximum absolute atomic E-state index is 11.0. The average molecular weight is 234 g/mol. The van der Waals surface area contributed by atoms with Crippen LogP contribution in [0.1, 0.15) is 30.0 Å². The van der Waals surface area contributed by atoms with E-state index in [0.29, 0.717) is 13.0 Å². The van der Waals surface area contributed by atoms with Crippen LogP contribution in [-0.2, 0) is 11.2 Å². The third-order valence-electron chi connectivity index (χ3n) is 3.12. The van der Waals surface area contributed by atoms with Crippen LogP contribution < -0.4 is 15.8 Å². The third-order valence-corrected chi connectivity index (χ3v) is 3.12. The lowest BCUT2D eigenvalue weighted by atomic mass is 10.1. The number of fused-ring (bicyclic) bond motifs is 1. The van der Waals surface area contributed by atoms with Crippen molar-refractivity contribution in [1.29, 1.82) is 0 Å². The molecule has 1 aromatic carbocycles. The van der Waals surface area contributed by atoms with E-state index in [-0.39, 0.29) is 11.9 Å². The van der Waals surface area contributed by atoms with Gasteiger partial charge in [-0.05, 0) is 36.1 Å². The van der Waals surface area contributed by atoms with Crippen molar-refractivity contribution < 1.29 is 9.53 Å². The molecular formula is C13H18N2O2. The summed E-state index contributed by atoms with van der Waals surface area (Å²) in [5.74, 6) is 0.815. The van der Waals surface area contributed by atoms with E-state index in [0.717, 1.165) is 18.6 Å². The lowest BCUT2D eigenvalue weighted by Crippen LogP contribution is -2.20. The number of ether oxygens (including phenoxy) is 1. The topological polar surface area (TPSA) is 64.3 Å². The molecule has 0 bridgehead atoms. The number of nitrogens with one attached hydrogen (secondary N) is 1. The SMILES string of the molecule is CNC(=O)CCOc1ccc2c(c1)CC[C@@H]2N. The van der Waals surface area contributed by atoms with E-state index in [1.165, 1.54) is 11.1 Å². The zero-order chi connectivity index (χ0) is 12.3. The van der Waals surface area contributed by atoms with Gasteiger partial charge >= 0.3 is 0 Å². The van der Waals surface area contributed by atoms with Crippen molar-refractivity contribution in [2.24, 2.45) is 5.73 Å². The number of carbonyl (C=O) groups excluding carboxylic acids is 1. The van der Waals surface area contributed by atoms with Crippen LogP contribution in [0.3, 0.4) is 0 Å². The van der Waals surface area contributed by atoms with Crippen molar-refractivity contribution in [3.63, 3.8) is 0 Å². The summed E-state index contributed by atoms with van der Waals surface area (Å²) in [6.45, 7) is 0.407. The van der Waals surface area contributed by atoms with Crippen molar-refractivity contribution in [2.75, 3.05) is 13.7 Å². The summed E-state index contributed by atoms with van der Waals surface area (Å²) in [6, 6.07) is 6.16. The highest BCUT2D eigenvalue weighted by Crippen LogP contribution is 2.31. The Hall–Kier alpha value is -1.55. The molecule has 0 radical (unpaired) electrons. The van der Waals surface area contributed by atoms with Gasteiger partial charge in [0.1, 0.15) is 5.75 Å². The first-order valence-corrected chi connectivity index (χ1v) is 5.92. The van der Waals surface area contributed by atoms with Crippen LogP contribution in [0.4, 0.5) is 0 Å². The van der Waals surface area contributed by atoms with Gasteiger partial charge < -0.3 is 15.8 Å². The molecule has 3 N–H and O–H groups in total. The van der Waals surface area contributed by atoms with E-state index < -0.39 is 0 Å². The van der Waals surface area contributed by atoms with Gasteiger partial charge in [-0.3, -0.25) is 4.79 Å². The van der Waals surface area contributed by atoms with E-state index in [1.54, 1.807) is 7.05 Å². The zero-order valence-electron chi connectivity index (χ0n) is 10.0. The van der Waals surface area contributed by atoms with E-state index in [9.17, 15) is 4.79 Å². The number of amides is 1. The highest BCUT2D eigenvalue weighted by atomic mass is 16.5. The molecule has 1 aromatic rings. The second-order valence-corrected chi connectivity index (χ2v) is 4.28. The number of carbonyl (C=O) groups is 1. The highest BCUT2D eigenvalue weighted by Gasteiger charge is 2.18. The Kier molecular flexibility index (Phi) is 3.64. The average Bonchev–Trinajstić information content (AvgIpc) is 2.70. The number of aryl methyl sites for hydroxylation is 1. The Morgan fingerprint density at radius 1 is 1.59 bits per heavy atom. The van der Waals surface area contributed by atoms with Crippen LogP contribution in [-0.4, -0.2) is 19.6 Å². The summed E-state index contributed by atoms with van der Waals surface area (Å²) in [5, 5.41) is 2.56. The molecule has 0 spiro atoms. The molecule has 4 nitrogen and oxygen atoms in total. The van der Waals surface area contributed by atoms with Crippen LogP contribution in [0, 0.1) is 0 Å². The second kappa shape index (κ2) is 5.19. The molecular weight excluding hydrogens is 216 g/mol. The van der Waals surface area contributed by atoms with Gasteiger partial charge in [0.05, 0.1) is 13.0 Å². The van der Waals surface area contributed by atoms with Crippen molar-refractivity contribution in [3.8, 4) is 5.75 Å². The van der Waals surface area contributed by atoms with Crippen LogP contribution in [0.15, 0.2) is 18.2 Å². The largest absolute Gasteiger partial charge is 0.493 e. The van der Waals surface area contributed by atoms with E-state index in [4.69, 9.17) is 10.5 Å². The van der Waals surface area contributed by atoms with Gasteiger partial charge in [-0.25, -0.2) is 0 Å². The summed E-state index contributed by atoms with van der Waals surface area (Å²) in [5.41, 5.74) is 8.46. The molecule has 1 amide bonds. The molecule has 0 fully saturated rings. The Morgan fingerprint density at radius 3 is 3.18 bits per heavy atom. The molecule has 1 aliphatic carbocycles. The molecule has 1 aliphatic rings. The van der Waals surface area contributed by atoms with Crippen LogP contribution in [0.25, 0.3) is 0 Å². The molecule has 4 heteroatoms. The molecule has 17 heavy (non-hydrogen) atoms. The van der Waals surface area contributed by atoms with Crippen molar-refractivity contribution in [3.05, 3.63) is 29.3 Å². The van der Waals surface area contributed by atoms with Crippen molar-refractivity contribution >= 4 is 5.91 Å². The minimum absolute atomic E-state index is 0.00631. The van der Waals surface area contributed by atoms with E-state index in [1.807, 2.05) is 18.2 Å². The fourth-order valence-electron chi connectivity index (χ4n) is 2.10. The molecule has 0 aromatic heterocycles. The number of nitrogens with two attached hydrogens (primary N) is 1. The third kappa shape index (κ3) is 2.77. The minimum Gasteiger partial charge on any atom is -0.493 e. The summed E-state index contributed by atoms with van der Waals surface area (Å²) in [6.07, 6.45) is 2.41. The fraction of sp³-hybridized carbons (Fsp3) is 0.462. The Morgan fingerprint density at radius 2 is 2.41 bits per heavy atom. The van der Waals surface area contributed by atoms with E-state index in [2.05, 4.69) is 5.32 Å². The summed E-state index contributed by atoms with van der Waals surface area (Å²) < 4.78 is 5.54. The normalized spacial score (nSPS) is 17.6. The molecule has 0 unspecified atom stereocenters. The van der Waals surface area contributed by atoms with E-state index >= 15 is 0 Å². The fourth-order valence-corrected chi connectivity index (χ4v) is 2.10. The molecule has 92 valence electrons. The predicted molar refractivity (Wildman–Crippen MR) is 65.9 cm³/mol. The van der Waals surface area contributed by atoms with Crippen LogP contribution >= 0.6 is 0 Å². The number of hydrogen-bond acceptors (Lipinski definition) is 3. The Balaban J connectivity index is 1.92. The first-order chi connectivity index (χ1) is 8.20. The summed E-state index contributed by atoms with van der Waals surface area (Å²) in [4.78, 5) is 11.0. The summed E-state index contributed by atoms with van der Waals surface area (Å²) in [7, 11) is 1.62. The van der Waals surface area contributed by atoms with Gasteiger partial charge in [-0.2, -0.15) is 0 Å². The van der Waals surface area contributed by atoms with Crippen molar-refractivity contribution in [1.82, 2.24) is 5.32 Å². The maximum atomic E-state index is 11.0. The first kappa shape index (κ1) is 11.9. The molecule has 1 atom stereocenters. The first-order valence-electron chi connectivity index (χ1n) is 5.92. The quantitative estimate of drug-likeness (QED) is 0.821. The molecule has 0 saturated carbocycles. The summed E-state index contributed by atoms with van der Waals surface area (Å²) >= 11 is 0. The van der Waals surface area contributed by atoms with Gasteiger partial charge in [-0.15, -0.1) is 0 Å². The number of rotatable bonds is 4. The van der Waals surface area contributed by atoms with Gasteiger partial charge in [0.25, 0.3) is 0 Å². The van der Waals surface area contributed by atoms with Gasteiger partial charge in [-0.1, -0.05) is 6.07 Å². The molecule has 0 heterocycles. The zero-order valence-corrected chi connectivity index (χ0v) is 10.0. The maximum Gasteiger partial charge on any atom is 0.223 e. The van der Waals surface area contributed by atoms with Crippen molar-refractivity contribution in [2.45, 2.75) is 25.3 Å². The smallest absolute Gasteiger partial charge is 0.223 e. The number of hydrogen-bond donors (Lipinski definition) is 2.